The van der Waals surface area contributed by atoms with Gasteiger partial charge in [-0.2, -0.15) is 5.26 Å². The van der Waals surface area contributed by atoms with Gasteiger partial charge >= 0.3 is 0 Å². The number of hydrogen-bond donors (Lipinski definition) is 0. The van der Waals surface area contributed by atoms with Gasteiger partial charge in [0.2, 0.25) is 5.91 Å². The van der Waals surface area contributed by atoms with Crippen molar-refractivity contribution in [2.45, 2.75) is 32.2 Å². The Morgan fingerprint density at radius 3 is 2.64 bits per heavy atom. The summed E-state index contributed by atoms with van der Waals surface area (Å²) in [6, 6.07) is 10.6. The summed E-state index contributed by atoms with van der Waals surface area (Å²) in [7, 11) is 0. The Morgan fingerprint density at radius 2 is 1.91 bits per heavy atom. The number of rotatable bonds is 3. The Bertz CT molecular complexity index is 570. The molecule has 1 amide bonds. The van der Waals surface area contributed by atoms with Crippen molar-refractivity contribution in [1.82, 2.24) is 9.80 Å². The molecule has 0 unspecified atom stereocenters. The van der Waals surface area contributed by atoms with Gasteiger partial charge in [-0.05, 0) is 43.5 Å². The minimum Gasteiger partial charge on any atom is -0.338 e. The Morgan fingerprint density at radius 1 is 1.18 bits per heavy atom. The largest absolute Gasteiger partial charge is 0.338 e. The highest BCUT2D eigenvalue weighted by Gasteiger charge is 2.30. The van der Waals surface area contributed by atoms with Crippen molar-refractivity contribution in [2.75, 3.05) is 26.2 Å². The second-order valence-electron chi connectivity index (χ2n) is 6.30. The normalized spacial score (nSPS) is 19.5. The van der Waals surface area contributed by atoms with Crippen molar-refractivity contribution in [3.8, 4) is 6.07 Å². The molecule has 2 aliphatic rings. The van der Waals surface area contributed by atoms with Gasteiger partial charge in [0.15, 0.2) is 0 Å². The van der Waals surface area contributed by atoms with E-state index in [1.54, 1.807) is 0 Å². The van der Waals surface area contributed by atoms with Crippen LogP contribution in [-0.4, -0.2) is 41.9 Å². The summed E-state index contributed by atoms with van der Waals surface area (Å²) in [5, 5.41) is 8.65. The summed E-state index contributed by atoms with van der Waals surface area (Å²) >= 11 is 0. The summed E-state index contributed by atoms with van der Waals surface area (Å²) in [6.45, 7) is 4.35. The number of fused-ring (bicyclic) bond motifs is 1. The first-order valence-electron chi connectivity index (χ1n) is 8.23. The number of carbonyl (C=O) groups is 1. The third-order valence-corrected chi connectivity index (χ3v) is 4.92. The molecule has 0 saturated carbocycles. The third-order valence-electron chi connectivity index (χ3n) is 4.92. The van der Waals surface area contributed by atoms with E-state index in [-0.39, 0.29) is 5.92 Å². The molecule has 0 aromatic heterocycles. The maximum Gasteiger partial charge on any atom is 0.226 e. The first-order valence-corrected chi connectivity index (χ1v) is 8.23. The lowest BCUT2D eigenvalue weighted by molar-refractivity contribution is -0.138. The van der Waals surface area contributed by atoms with E-state index in [1.165, 1.54) is 11.1 Å². The molecule has 0 radical (unpaired) electrons. The first kappa shape index (κ1) is 15.1. The van der Waals surface area contributed by atoms with Gasteiger partial charge in [0.1, 0.15) is 0 Å². The molecule has 4 nitrogen and oxygen atoms in total. The van der Waals surface area contributed by atoms with Crippen LogP contribution >= 0.6 is 0 Å². The van der Waals surface area contributed by atoms with Crippen LogP contribution in [0.4, 0.5) is 0 Å². The summed E-state index contributed by atoms with van der Waals surface area (Å²) in [4.78, 5) is 17.1. The molecule has 0 aliphatic carbocycles. The maximum atomic E-state index is 12.7. The highest BCUT2D eigenvalue weighted by atomic mass is 16.2. The number of benzene rings is 1. The summed E-state index contributed by atoms with van der Waals surface area (Å²) in [5.74, 6) is 0.498. The minimum absolute atomic E-state index is 0.170. The van der Waals surface area contributed by atoms with E-state index < -0.39 is 0 Å². The molecule has 0 bridgehead atoms. The molecule has 4 heteroatoms. The average Bonchev–Trinajstić information content (AvgIpc) is 2.59. The Labute approximate surface area is 132 Å². The van der Waals surface area contributed by atoms with Crippen LogP contribution in [0.15, 0.2) is 24.3 Å². The van der Waals surface area contributed by atoms with Gasteiger partial charge in [-0.15, -0.1) is 0 Å². The second kappa shape index (κ2) is 6.93. The van der Waals surface area contributed by atoms with E-state index in [2.05, 4.69) is 35.2 Å². The second-order valence-corrected chi connectivity index (χ2v) is 6.30. The third kappa shape index (κ3) is 3.31. The van der Waals surface area contributed by atoms with E-state index in [1.807, 2.05) is 4.90 Å². The van der Waals surface area contributed by atoms with Crippen molar-refractivity contribution in [3.63, 3.8) is 0 Å². The number of carbonyl (C=O) groups excluding carboxylic acids is 1. The van der Waals surface area contributed by atoms with Crippen molar-refractivity contribution in [1.29, 1.82) is 5.26 Å². The lowest BCUT2D eigenvalue weighted by Crippen LogP contribution is -2.44. The topological polar surface area (TPSA) is 47.3 Å². The number of nitrogens with zero attached hydrogens (tertiary/aromatic N) is 3. The summed E-state index contributed by atoms with van der Waals surface area (Å²) < 4.78 is 0. The fourth-order valence-electron chi connectivity index (χ4n) is 3.55. The smallest absolute Gasteiger partial charge is 0.226 e. The van der Waals surface area contributed by atoms with Crippen LogP contribution in [0.1, 0.15) is 30.4 Å². The van der Waals surface area contributed by atoms with E-state index in [4.69, 9.17) is 5.26 Å². The first-order chi connectivity index (χ1) is 10.8. The van der Waals surface area contributed by atoms with Crippen LogP contribution in [0.3, 0.4) is 0 Å². The monoisotopic (exact) mass is 297 g/mol. The highest BCUT2D eigenvalue weighted by Crippen LogP contribution is 2.24. The van der Waals surface area contributed by atoms with E-state index in [9.17, 15) is 4.79 Å². The molecule has 1 aromatic carbocycles. The fraction of sp³-hybridized carbons (Fsp3) is 0.556. The molecule has 2 heterocycles. The molecule has 1 fully saturated rings. The molecule has 22 heavy (non-hydrogen) atoms. The van der Waals surface area contributed by atoms with Gasteiger partial charge < -0.3 is 9.80 Å². The lowest BCUT2D eigenvalue weighted by atomic mass is 9.93. The van der Waals surface area contributed by atoms with Gasteiger partial charge in [-0.3, -0.25) is 4.79 Å². The number of nitriles is 1. The van der Waals surface area contributed by atoms with Crippen LogP contribution in [-0.2, 0) is 17.8 Å². The predicted octanol–water partition coefficient (Wildman–Crippen LogP) is 2.20. The molecule has 0 atom stereocenters. The zero-order valence-corrected chi connectivity index (χ0v) is 13.0. The van der Waals surface area contributed by atoms with E-state index in [0.717, 1.165) is 52.0 Å². The quantitative estimate of drug-likeness (QED) is 0.859. The maximum absolute atomic E-state index is 12.7. The molecule has 3 rings (SSSR count). The number of likely N-dealkylation sites (tertiary alicyclic amines) is 1. The summed E-state index contributed by atoms with van der Waals surface area (Å²) in [5.41, 5.74) is 2.69. The van der Waals surface area contributed by atoms with Crippen LogP contribution in [0.5, 0.6) is 0 Å². The van der Waals surface area contributed by atoms with Crippen LogP contribution < -0.4 is 0 Å². The Balaban J connectivity index is 1.54. The number of piperidine rings is 1. The minimum atomic E-state index is 0.170. The van der Waals surface area contributed by atoms with Crippen LogP contribution in [0.2, 0.25) is 0 Å². The van der Waals surface area contributed by atoms with Gasteiger partial charge in [0.05, 0.1) is 6.07 Å². The highest BCUT2D eigenvalue weighted by molar-refractivity contribution is 5.79. The zero-order valence-electron chi connectivity index (χ0n) is 13.0. The SMILES string of the molecule is N#CCCN1CCC(C(=O)N2CCc3ccccc3C2)CC1. The van der Waals surface area contributed by atoms with Gasteiger partial charge in [0, 0.05) is 32.0 Å². The van der Waals surface area contributed by atoms with Crippen LogP contribution in [0.25, 0.3) is 0 Å². The van der Waals surface area contributed by atoms with E-state index >= 15 is 0 Å². The molecular formula is C18H23N3O. The fourth-order valence-corrected chi connectivity index (χ4v) is 3.55. The average molecular weight is 297 g/mol. The van der Waals surface area contributed by atoms with E-state index in [0.29, 0.717) is 12.3 Å². The standard InChI is InChI=1S/C18H23N3O/c19-9-3-10-20-11-6-16(7-12-20)18(22)21-13-8-15-4-1-2-5-17(15)14-21/h1-2,4-5,16H,3,6-8,10-14H2. The van der Waals surface area contributed by atoms with Crippen molar-refractivity contribution in [3.05, 3.63) is 35.4 Å². The molecule has 116 valence electrons. The molecule has 0 spiro atoms. The van der Waals surface area contributed by atoms with Gasteiger partial charge in [-0.1, -0.05) is 24.3 Å². The number of amides is 1. The lowest BCUT2D eigenvalue weighted by Gasteiger charge is -2.36. The molecule has 0 N–H and O–H groups in total. The Kier molecular flexibility index (Phi) is 4.74. The van der Waals surface area contributed by atoms with Crippen LogP contribution in [0, 0.1) is 17.2 Å². The molecule has 2 aliphatic heterocycles. The zero-order chi connectivity index (χ0) is 15.4. The predicted molar refractivity (Wildman–Crippen MR) is 85.0 cm³/mol. The van der Waals surface area contributed by atoms with Crippen molar-refractivity contribution < 1.29 is 4.79 Å². The van der Waals surface area contributed by atoms with Crippen molar-refractivity contribution >= 4 is 5.91 Å². The molecular weight excluding hydrogens is 274 g/mol. The Hall–Kier alpha value is -1.86. The number of hydrogen-bond acceptors (Lipinski definition) is 3. The summed E-state index contributed by atoms with van der Waals surface area (Å²) in [6.07, 6.45) is 3.43. The van der Waals surface area contributed by atoms with Gasteiger partial charge in [0.25, 0.3) is 0 Å². The van der Waals surface area contributed by atoms with Gasteiger partial charge in [-0.25, -0.2) is 0 Å². The molecule has 1 saturated heterocycles. The molecule has 1 aromatic rings. The van der Waals surface area contributed by atoms with Crippen molar-refractivity contribution in [2.24, 2.45) is 5.92 Å².